The van der Waals surface area contributed by atoms with Crippen LogP contribution in [0.5, 0.6) is 0 Å². The Hall–Kier alpha value is -1.38. The van der Waals surface area contributed by atoms with Crippen LogP contribution in [0.2, 0.25) is 0 Å². The van der Waals surface area contributed by atoms with Crippen LogP contribution in [-0.2, 0) is 4.74 Å². The Labute approximate surface area is 124 Å². The second kappa shape index (κ2) is 8.03. The largest absolute Gasteiger partial charge is 0.369 e. The molecule has 0 N–H and O–H groups in total. The molecule has 106 valence electrons. The quantitative estimate of drug-likeness (QED) is 0.518. The van der Waals surface area contributed by atoms with Crippen LogP contribution in [0.4, 0.5) is 4.39 Å². The van der Waals surface area contributed by atoms with Crippen LogP contribution in [-0.4, -0.2) is 12.5 Å². The lowest BCUT2D eigenvalue weighted by molar-refractivity contribution is 0.0779. The Morgan fingerprint density at radius 3 is 2.20 bits per heavy atom. The lowest BCUT2D eigenvalue weighted by atomic mass is 10.0. The van der Waals surface area contributed by atoms with Gasteiger partial charge in [0.15, 0.2) is 0 Å². The fraction of sp³-hybridized carbons (Fsp3) is 0.294. The van der Waals surface area contributed by atoms with Gasteiger partial charge >= 0.3 is 0 Å². The molecule has 0 bridgehead atoms. The predicted octanol–water partition coefficient (Wildman–Crippen LogP) is 4.95. The third kappa shape index (κ3) is 4.32. The molecule has 0 heterocycles. The lowest BCUT2D eigenvalue weighted by Crippen LogP contribution is -2.07. The van der Waals surface area contributed by atoms with E-state index in [9.17, 15) is 4.39 Å². The standard InChI is InChI=1S/C17H18ClFO/c18-12-4-5-13-20-17(14-6-2-1-3-7-14)15-8-10-16(19)11-9-15/h1-3,6-11,17H,4-5,12-13H2. The van der Waals surface area contributed by atoms with E-state index in [0.717, 1.165) is 24.0 Å². The summed E-state index contributed by atoms with van der Waals surface area (Å²) in [5.41, 5.74) is 2.04. The van der Waals surface area contributed by atoms with Crippen molar-refractivity contribution in [2.24, 2.45) is 0 Å². The highest BCUT2D eigenvalue weighted by Crippen LogP contribution is 2.26. The van der Waals surface area contributed by atoms with E-state index in [1.165, 1.54) is 12.1 Å². The van der Waals surface area contributed by atoms with E-state index < -0.39 is 0 Å². The van der Waals surface area contributed by atoms with Gasteiger partial charge in [-0.15, -0.1) is 11.6 Å². The van der Waals surface area contributed by atoms with Crippen molar-refractivity contribution in [1.29, 1.82) is 0 Å². The van der Waals surface area contributed by atoms with Crippen LogP contribution in [0.3, 0.4) is 0 Å². The van der Waals surface area contributed by atoms with Gasteiger partial charge in [0.2, 0.25) is 0 Å². The fourth-order valence-corrected chi connectivity index (χ4v) is 2.24. The molecule has 0 amide bonds. The number of ether oxygens (including phenoxy) is 1. The molecule has 20 heavy (non-hydrogen) atoms. The highest BCUT2D eigenvalue weighted by atomic mass is 35.5. The van der Waals surface area contributed by atoms with Crippen LogP contribution < -0.4 is 0 Å². The van der Waals surface area contributed by atoms with E-state index in [0.29, 0.717) is 12.5 Å². The van der Waals surface area contributed by atoms with E-state index in [1.807, 2.05) is 30.3 Å². The van der Waals surface area contributed by atoms with Crippen LogP contribution >= 0.6 is 11.6 Å². The number of hydrogen-bond acceptors (Lipinski definition) is 1. The first-order valence-corrected chi connectivity index (χ1v) is 7.32. The first-order valence-electron chi connectivity index (χ1n) is 6.79. The van der Waals surface area contributed by atoms with E-state index in [4.69, 9.17) is 16.3 Å². The normalized spacial score (nSPS) is 12.3. The molecule has 3 heteroatoms. The molecule has 2 aromatic rings. The summed E-state index contributed by atoms with van der Waals surface area (Å²) in [6, 6.07) is 16.5. The van der Waals surface area contributed by atoms with Crippen molar-refractivity contribution in [3.05, 3.63) is 71.5 Å². The molecule has 2 rings (SSSR count). The van der Waals surface area contributed by atoms with E-state index >= 15 is 0 Å². The van der Waals surface area contributed by atoms with Crippen LogP contribution in [0.1, 0.15) is 30.1 Å². The van der Waals surface area contributed by atoms with Crippen molar-refractivity contribution in [2.45, 2.75) is 18.9 Å². The Morgan fingerprint density at radius 1 is 0.900 bits per heavy atom. The lowest BCUT2D eigenvalue weighted by Gasteiger charge is -2.19. The Balaban J connectivity index is 2.13. The maximum Gasteiger partial charge on any atom is 0.123 e. The summed E-state index contributed by atoms with van der Waals surface area (Å²) in [6.45, 7) is 0.643. The Bertz CT molecular complexity index is 498. The molecular weight excluding hydrogens is 275 g/mol. The summed E-state index contributed by atoms with van der Waals surface area (Å²) in [4.78, 5) is 0. The van der Waals surface area contributed by atoms with Crippen molar-refractivity contribution in [3.63, 3.8) is 0 Å². The van der Waals surface area contributed by atoms with Crippen LogP contribution in [0, 0.1) is 5.82 Å². The van der Waals surface area contributed by atoms with E-state index in [-0.39, 0.29) is 11.9 Å². The first kappa shape index (κ1) is 15.0. The topological polar surface area (TPSA) is 9.23 Å². The zero-order chi connectivity index (χ0) is 14.2. The molecule has 1 atom stereocenters. The molecule has 0 aliphatic heterocycles. The molecule has 0 radical (unpaired) electrons. The van der Waals surface area contributed by atoms with Gasteiger partial charge in [0.05, 0.1) is 0 Å². The molecular formula is C17H18ClFO. The van der Waals surface area contributed by atoms with E-state index in [2.05, 4.69) is 0 Å². The van der Waals surface area contributed by atoms with Gasteiger partial charge in [-0.25, -0.2) is 4.39 Å². The van der Waals surface area contributed by atoms with Gasteiger partial charge in [-0.3, -0.25) is 0 Å². The zero-order valence-corrected chi connectivity index (χ0v) is 12.0. The molecule has 0 saturated carbocycles. The molecule has 1 nitrogen and oxygen atoms in total. The summed E-state index contributed by atoms with van der Waals surface area (Å²) in [7, 11) is 0. The highest BCUT2D eigenvalue weighted by Gasteiger charge is 2.14. The van der Waals surface area contributed by atoms with Crippen molar-refractivity contribution < 1.29 is 9.13 Å². The maximum absolute atomic E-state index is 13.0. The zero-order valence-electron chi connectivity index (χ0n) is 11.3. The van der Waals surface area contributed by atoms with Gasteiger partial charge in [-0.05, 0) is 36.1 Å². The third-order valence-corrected chi connectivity index (χ3v) is 3.35. The van der Waals surface area contributed by atoms with Crippen molar-refractivity contribution >= 4 is 11.6 Å². The van der Waals surface area contributed by atoms with Gasteiger partial charge in [0.25, 0.3) is 0 Å². The van der Waals surface area contributed by atoms with Crippen molar-refractivity contribution in [3.8, 4) is 0 Å². The number of rotatable bonds is 7. The molecule has 0 aliphatic rings. The number of hydrogen-bond donors (Lipinski definition) is 0. The molecule has 0 spiro atoms. The molecule has 0 fully saturated rings. The fourth-order valence-electron chi connectivity index (χ4n) is 2.05. The van der Waals surface area contributed by atoms with Crippen molar-refractivity contribution in [1.82, 2.24) is 0 Å². The predicted molar refractivity (Wildman–Crippen MR) is 80.6 cm³/mol. The number of halogens is 2. The summed E-state index contributed by atoms with van der Waals surface area (Å²) < 4.78 is 19.0. The molecule has 0 aromatic heterocycles. The Kier molecular flexibility index (Phi) is 6.03. The second-order valence-electron chi connectivity index (χ2n) is 4.61. The summed E-state index contributed by atoms with van der Waals surface area (Å²) in [6.07, 6.45) is 1.70. The highest BCUT2D eigenvalue weighted by molar-refractivity contribution is 6.17. The SMILES string of the molecule is Fc1ccc(C(OCCCCCl)c2ccccc2)cc1. The maximum atomic E-state index is 13.0. The van der Waals surface area contributed by atoms with Gasteiger partial charge in [0.1, 0.15) is 11.9 Å². The number of unbranched alkanes of at least 4 members (excludes halogenated alkanes) is 1. The van der Waals surface area contributed by atoms with Crippen LogP contribution in [0.25, 0.3) is 0 Å². The van der Waals surface area contributed by atoms with Gasteiger partial charge in [0, 0.05) is 12.5 Å². The van der Waals surface area contributed by atoms with Gasteiger partial charge < -0.3 is 4.74 Å². The summed E-state index contributed by atoms with van der Waals surface area (Å²) in [5.74, 6) is 0.415. The minimum atomic E-state index is -0.234. The first-order chi connectivity index (χ1) is 9.81. The molecule has 2 aromatic carbocycles. The summed E-state index contributed by atoms with van der Waals surface area (Å²) in [5, 5.41) is 0. The Morgan fingerprint density at radius 2 is 1.55 bits per heavy atom. The minimum absolute atomic E-state index is 0.160. The molecule has 0 saturated heterocycles. The molecule has 0 aliphatic carbocycles. The van der Waals surface area contributed by atoms with Crippen molar-refractivity contribution in [2.75, 3.05) is 12.5 Å². The second-order valence-corrected chi connectivity index (χ2v) is 4.99. The third-order valence-electron chi connectivity index (χ3n) is 3.09. The average molecular weight is 293 g/mol. The minimum Gasteiger partial charge on any atom is -0.369 e. The van der Waals surface area contributed by atoms with Crippen LogP contribution in [0.15, 0.2) is 54.6 Å². The molecule has 1 unspecified atom stereocenters. The number of alkyl halides is 1. The smallest absolute Gasteiger partial charge is 0.123 e. The van der Waals surface area contributed by atoms with Gasteiger partial charge in [-0.2, -0.15) is 0 Å². The van der Waals surface area contributed by atoms with E-state index in [1.54, 1.807) is 12.1 Å². The van der Waals surface area contributed by atoms with Gasteiger partial charge in [-0.1, -0.05) is 42.5 Å². The number of benzene rings is 2. The monoisotopic (exact) mass is 292 g/mol. The summed E-state index contributed by atoms with van der Waals surface area (Å²) >= 11 is 5.67. The average Bonchev–Trinajstić information content (AvgIpc) is 2.50.